The number of halogens is 1. The Kier molecular flexibility index (Phi) is 4.46. The highest BCUT2D eigenvalue weighted by molar-refractivity contribution is 5.88. The fourth-order valence-electron chi connectivity index (χ4n) is 3.00. The van der Waals surface area contributed by atoms with E-state index in [-0.39, 0.29) is 23.2 Å². The van der Waals surface area contributed by atoms with E-state index < -0.39 is 11.6 Å². The molecule has 0 aromatic heterocycles. The zero-order valence-corrected chi connectivity index (χ0v) is 14.1. The number of carbonyl (C=O) groups is 1. The Morgan fingerprint density at radius 2 is 1.95 bits per heavy atom. The minimum absolute atomic E-state index is 0.0838. The van der Waals surface area contributed by atoms with Gasteiger partial charge in [-0.15, -0.1) is 0 Å². The van der Waals surface area contributed by atoms with Crippen molar-refractivity contribution >= 4 is 5.97 Å². The van der Waals surface area contributed by atoms with Gasteiger partial charge in [0.15, 0.2) is 0 Å². The van der Waals surface area contributed by atoms with Gasteiger partial charge >= 0.3 is 5.97 Å². The van der Waals surface area contributed by atoms with Crippen LogP contribution in [0.1, 0.15) is 58.6 Å². The predicted octanol–water partition coefficient (Wildman–Crippen LogP) is 4.87. The van der Waals surface area contributed by atoms with Gasteiger partial charge in [-0.25, -0.2) is 9.18 Å². The summed E-state index contributed by atoms with van der Waals surface area (Å²) in [7, 11) is 0. The van der Waals surface area contributed by atoms with Gasteiger partial charge < -0.3 is 4.74 Å². The SMILES string of the molecule is CC(C(=O)OC(C)(C)C)=C(F)CC1(C)CCc2ccccc21. The van der Waals surface area contributed by atoms with Crippen molar-refractivity contribution in [2.24, 2.45) is 0 Å². The Morgan fingerprint density at radius 1 is 1.32 bits per heavy atom. The second-order valence-electron chi connectivity index (χ2n) is 7.43. The molecule has 1 aromatic carbocycles. The van der Waals surface area contributed by atoms with E-state index in [1.807, 2.05) is 12.1 Å². The molecule has 1 aromatic rings. The van der Waals surface area contributed by atoms with E-state index in [2.05, 4.69) is 19.1 Å². The van der Waals surface area contributed by atoms with Crippen LogP contribution in [0.15, 0.2) is 35.7 Å². The first-order valence-corrected chi connectivity index (χ1v) is 7.79. The van der Waals surface area contributed by atoms with Gasteiger partial charge in [-0.1, -0.05) is 31.2 Å². The van der Waals surface area contributed by atoms with Gasteiger partial charge in [0, 0.05) is 6.42 Å². The van der Waals surface area contributed by atoms with Crippen molar-refractivity contribution in [1.29, 1.82) is 0 Å². The Bertz CT molecular complexity index is 610. The average molecular weight is 304 g/mol. The van der Waals surface area contributed by atoms with E-state index in [1.165, 1.54) is 18.1 Å². The summed E-state index contributed by atoms with van der Waals surface area (Å²) < 4.78 is 19.8. The molecule has 1 atom stereocenters. The number of esters is 1. The maximum absolute atomic E-state index is 14.6. The van der Waals surface area contributed by atoms with Crippen LogP contribution in [0.5, 0.6) is 0 Å². The maximum atomic E-state index is 14.6. The standard InChI is InChI=1S/C19H25FO2/c1-13(17(21)22-18(2,3)4)16(20)12-19(5)11-10-14-8-6-7-9-15(14)19/h6-9H,10-12H2,1-5H3. The summed E-state index contributed by atoms with van der Waals surface area (Å²) in [5, 5.41) is 0. The molecule has 0 saturated heterocycles. The number of carbonyl (C=O) groups excluding carboxylic acids is 1. The van der Waals surface area contributed by atoms with Gasteiger partial charge in [-0.05, 0) is 57.1 Å². The molecule has 0 bridgehead atoms. The van der Waals surface area contributed by atoms with E-state index >= 15 is 0 Å². The zero-order chi connectivity index (χ0) is 16.5. The molecule has 2 nitrogen and oxygen atoms in total. The van der Waals surface area contributed by atoms with Crippen LogP contribution in [0, 0.1) is 0 Å². The predicted molar refractivity (Wildman–Crippen MR) is 86.4 cm³/mol. The van der Waals surface area contributed by atoms with E-state index in [4.69, 9.17) is 4.74 Å². The zero-order valence-electron chi connectivity index (χ0n) is 14.1. The molecule has 1 aliphatic rings. The highest BCUT2D eigenvalue weighted by Gasteiger charge is 2.36. The van der Waals surface area contributed by atoms with Crippen molar-refractivity contribution in [3.05, 3.63) is 46.8 Å². The number of benzene rings is 1. The Labute approximate surface area is 132 Å². The molecule has 0 amide bonds. The van der Waals surface area contributed by atoms with Crippen molar-refractivity contribution in [2.45, 2.75) is 64.9 Å². The first-order valence-electron chi connectivity index (χ1n) is 7.79. The van der Waals surface area contributed by atoms with Crippen molar-refractivity contribution in [3.63, 3.8) is 0 Å². The van der Waals surface area contributed by atoms with Gasteiger partial charge in [0.05, 0.1) is 5.57 Å². The van der Waals surface area contributed by atoms with Crippen molar-refractivity contribution in [2.75, 3.05) is 0 Å². The average Bonchev–Trinajstić information content (AvgIpc) is 2.74. The summed E-state index contributed by atoms with van der Waals surface area (Å²) in [5.74, 6) is -0.937. The van der Waals surface area contributed by atoms with E-state index in [0.717, 1.165) is 12.8 Å². The minimum atomic E-state index is -0.609. The summed E-state index contributed by atoms with van der Waals surface area (Å²) in [4.78, 5) is 12.0. The third kappa shape index (κ3) is 3.57. The normalized spacial score (nSPS) is 22.1. The second kappa shape index (κ2) is 5.86. The lowest BCUT2D eigenvalue weighted by Gasteiger charge is -2.25. The van der Waals surface area contributed by atoms with Gasteiger partial charge in [0.2, 0.25) is 0 Å². The Balaban J connectivity index is 2.19. The smallest absolute Gasteiger partial charge is 0.336 e. The first-order chi connectivity index (χ1) is 10.1. The molecular formula is C19H25FO2. The Hall–Kier alpha value is -1.64. The van der Waals surface area contributed by atoms with Gasteiger partial charge in [-0.3, -0.25) is 0 Å². The molecule has 22 heavy (non-hydrogen) atoms. The Morgan fingerprint density at radius 3 is 2.59 bits per heavy atom. The third-order valence-electron chi connectivity index (χ3n) is 4.27. The quantitative estimate of drug-likeness (QED) is 0.588. The number of allylic oxidation sites excluding steroid dienone is 1. The summed E-state index contributed by atoms with van der Waals surface area (Å²) in [6.45, 7) is 8.92. The summed E-state index contributed by atoms with van der Waals surface area (Å²) in [6, 6.07) is 8.18. The van der Waals surface area contributed by atoms with Crippen LogP contribution in [-0.4, -0.2) is 11.6 Å². The molecule has 0 radical (unpaired) electrons. The maximum Gasteiger partial charge on any atom is 0.336 e. The van der Waals surface area contributed by atoms with Crippen LogP contribution in [-0.2, 0) is 21.4 Å². The first kappa shape index (κ1) is 16.7. The number of aryl methyl sites for hydroxylation is 1. The largest absolute Gasteiger partial charge is 0.457 e. The molecule has 0 spiro atoms. The minimum Gasteiger partial charge on any atom is -0.457 e. The topological polar surface area (TPSA) is 26.3 Å². The number of fused-ring (bicyclic) bond motifs is 1. The van der Waals surface area contributed by atoms with Crippen molar-refractivity contribution in [1.82, 2.24) is 0 Å². The number of hydrogen-bond acceptors (Lipinski definition) is 2. The molecule has 3 heteroatoms. The molecule has 0 heterocycles. The molecule has 2 rings (SSSR count). The van der Waals surface area contributed by atoms with Gasteiger partial charge in [-0.2, -0.15) is 0 Å². The fourth-order valence-corrected chi connectivity index (χ4v) is 3.00. The van der Waals surface area contributed by atoms with E-state index in [0.29, 0.717) is 0 Å². The number of rotatable bonds is 3. The van der Waals surface area contributed by atoms with Gasteiger partial charge in [0.25, 0.3) is 0 Å². The lowest BCUT2D eigenvalue weighted by Crippen LogP contribution is -2.25. The number of hydrogen-bond donors (Lipinski definition) is 0. The monoisotopic (exact) mass is 304 g/mol. The molecule has 120 valence electrons. The van der Waals surface area contributed by atoms with E-state index in [1.54, 1.807) is 20.8 Å². The van der Waals surface area contributed by atoms with Crippen LogP contribution in [0.25, 0.3) is 0 Å². The second-order valence-corrected chi connectivity index (χ2v) is 7.43. The van der Waals surface area contributed by atoms with E-state index in [9.17, 15) is 9.18 Å². The van der Waals surface area contributed by atoms with Crippen LogP contribution in [0.4, 0.5) is 4.39 Å². The molecular weight excluding hydrogens is 279 g/mol. The third-order valence-corrected chi connectivity index (χ3v) is 4.27. The van der Waals surface area contributed by atoms with Crippen LogP contribution in [0.2, 0.25) is 0 Å². The summed E-state index contributed by atoms with van der Waals surface area (Å²) in [5.41, 5.74) is 1.71. The molecule has 1 unspecified atom stereocenters. The molecule has 1 aliphatic carbocycles. The van der Waals surface area contributed by atoms with Crippen LogP contribution in [0.3, 0.4) is 0 Å². The van der Waals surface area contributed by atoms with Crippen molar-refractivity contribution in [3.8, 4) is 0 Å². The van der Waals surface area contributed by atoms with Crippen molar-refractivity contribution < 1.29 is 13.9 Å². The molecule has 0 N–H and O–H groups in total. The summed E-state index contributed by atoms with van der Waals surface area (Å²) in [6.07, 6.45) is 2.11. The number of ether oxygens (including phenoxy) is 1. The summed E-state index contributed by atoms with van der Waals surface area (Å²) >= 11 is 0. The molecule has 0 saturated carbocycles. The lowest BCUT2D eigenvalue weighted by molar-refractivity contribution is -0.150. The van der Waals surface area contributed by atoms with Gasteiger partial charge in [0.1, 0.15) is 11.4 Å². The van der Waals surface area contributed by atoms with Crippen LogP contribution < -0.4 is 0 Å². The highest BCUT2D eigenvalue weighted by atomic mass is 19.1. The molecule has 0 aliphatic heterocycles. The lowest BCUT2D eigenvalue weighted by atomic mass is 9.80. The van der Waals surface area contributed by atoms with Crippen LogP contribution >= 0.6 is 0 Å². The highest BCUT2D eigenvalue weighted by Crippen LogP contribution is 2.43. The fraction of sp³-hybridized carbons (Fsp3) is 0.526. The molecule has 0 fully saturated rings.